The van der Waals surface area contributed by atoms with Crippen LogP contribution in [0.5, 0.6) is 0 Å². The molecular weight excluding hydrogens is 531 g/mol. The van der Waals surface area contributed by atoms with Gasteiger partial charge in [0.15, 0.2) is 0 Å². The van der Waals surface area contributed by atoms with Crippen LogP contribution < -0.4 is 0 Å². The minimum absolute atomic E-state index is 0.0383. The second-order valence-corrected chi connectivity index (χ2v) is 10.5. The standard InChI is InChI=1S/C12H17Br4ClO2/c13-5-1-2-9(6(14)3-5)19-12-8(18)4-7(15)11(17)10(12)16/h5-12,18H,1-4H2. The highest BCUT2D eigenvalue weighted by Crippen LogP contribution is 2.38. The Balaban J connectivity index is 1.97. The molecule has 0 aliphatic heterocycles. The zero-order valence-corrected chi connectivity index (χ0v) is 17.3. The molecule has 2 aliphatic carbocycles. The molecule has 8 unspecified atom stereocenters. The van der Waals surface area contributed by atoms with E-state index >= 15 is 0 Å². The average molecular weight is 548 g/mol. The van der Waals surface area contributed by atoms with E-state index < -0.39 is 6.10 Å². The van der Waals surface area contributed by atoms with Crippen LogP contribution in [0, 0.1) is 0 Å². The van der Waals surface area contributed by atoms with Crippen LogP contribution in [0.3, 0.4) is 0 Å². The molecule has 0 radical (unpaired) electrons. The molecule has 2 aliphatic rings. The summed E-state index contributed by atoms with van der Waals surface area (Å²) in [4.78, 5) is 0.962. The molecule has 0 aromatic carbocycles. The Hall–Kier alpha value is 2.13. The molecule has 7 heteroatoms. The summed E-state index contributed by atoms with van der Waals surface area (Å²) >= 11 is 20.8. The summed E-state index contributed by atoms with van der Waals surface area (Å²) in [5.74, 6) is 0. The van der Waals surface area contributed by atoms with Crippen molar-refractivity contribution in [2.75, 3.05) is 0 Å². The molecular formula is C12H17Br4ClO2. The van der Waals surface area contributed by atoms with Gasteiger partial charge in [-0.3, -0.25) is 0 Å². The van der Waals surface area contributed by atoms with Crippen LogP contribution in [-0.2, 0) is 4.74 Å². The molecule has 0 aromatic heterocycles. The maximum Gasteiger partial charge on any atom is 0.0977 e. The topological polar surface area (TPSA) is 29.5 Å². The van der Waals surface area contributed by atoms with Crippen LogP contribution in [0.15, 0.2) is 0 Å². The number of hydrogen-bond donors (Lipinski definition) is 1. The molecule has 0 spiro atoms. The summed E-state index contributed by atoms with van der Waals surface area (Å²) in [6.45, 7) is 0. The van der Waals surface area contributed by atoms with E-state index in [1.54, 1.807) is 0 Å². The SMILES string of the molecule is OC1CC(Br)C(Cl)C(Br)C1OC1CCC(Br)CC1Br. The van der Waals surface area contributed by atoms with Gasteiger partial charge in [-0.2, -0.15) is 0 Å². The molecule has 0 aromatic rings. The minimum atomic E-state index is -0.481. The van der Waals surface area contributed by atoms with Gasteiger partial charge in [0, 0.05) is 14.5 Å². The van der Waals surface area contributed by atoms with Crippen LogP contribution >= 0.6 is 75.3 Å². The van der Waals surface area contributed by atoms with Gasteiger partial charge in [-0.15, -0.1) is 11.6 Å². The van der Waals surface area contributed by atoms with Gasteiger partial charge in [-0.25, -0.2) is 0 Å². The maximum atomic E-state index is 10.2. The van der Waals surface area contributed by atoms with Crippen molar-refractivity contribution in [2.24, 2.45) is 0 Å². The van der Waals surface area contributed by atoms with Crippen LogP contribution in [0.4, 0.5) is 0 Å². The first-order chi connectivity index (χ1) is 8.90. The lowest BCUT2D eigenvalue weighted by Gasteiger charge is -2.42. The number of aliphatic hydroxyl groups excluding tert-OH is 1. The fourth-order valence-electron chi connectivity index (χ4n) is 2.65. The van der Waals surface area contributed by atoms with E-state index in [-0.39, 0.29) is 27.2 Å². The molecule has 19 heavy (non-hydrogen) atoms. The lowest BCUT2D eigenvalue weighted by Crippen LogP contribution is -2.53. The zero-order valence-electron chi connectivity index (χ0n) is 10.2. The third-order valence-electron chi connectivity index (χ3n) is 3.79. The fraction of sp³-hybridized carbons (Fsp3) is 1.00. The minimum Gasteiger partial charge on any atom is -0.390 e. The monoisotopic (exact) mass is 544 g/mol. The van der Waals surface area contributed by atoms with Crippen molar-refractivity contribution in [3.8, 4) is 0 Å². The Kier molecular flexibility index (Phi) is 6.99. The van der Waals surface area contributed by atoms with Crippen LogP contribution in [0.25, 0.3) is 0 Å². The Morgan fingerprint density at radius 2 is 1.68 bits per heavy atom. The largest absolute Gasteiger partial charge is 0.390 e. The highest BCUT2D eigenvalue weighted by molar-refractivity contribution is 9.10. The molecule has 1 N–H and O–H groups in total. The van der Waals surface area contributed by atoms with Crippen molar-refractivity contribution in [1.29, 1.82) is 0 Å². The molecule has 2 rings (SSSR count). The highest BCUT2D eigenvalue weighted by Gasteiger charge is 2.44. The number of ether oxygens (including phenoxy) is 1. The smallest absolute Gasteiger partial charge is 0.0977 e. The summed E-state index contributed by atoms with van der Waals surface area (Å²) in [6.07, 6.45) is 3.20. The predicted octanol–water partition coefficient (Wildman–Crippen LogP) is 4.35. The van der Waals surface area contributed by atoms with E-state index in [1.807, 2.05) is 0 Å². The molecule has 2 fully saturated rings. The fourth-order valence-corrected chi connectivity index (χ4v) is 6.87. The second kappa shape index (κ2) is 7.60. The van der Waals surface area contributed by atoms with Crippen molar-refractivity contribution >= 4 is 75.3 Å². The Labute approximate surface area is 152 Å². The van der Waals surface area contributed by atoms with E-state index in [0.29, 0.717) is 16.1 Å². The predicted molar refractivity (Wildman–Crippen MR) is 93.6 cm³/mol. The Morgan fingerprint density at radius 3 is 2.32 bits per heavy atom. The lowest BCUT2D eigenvalue weighted by atomic mass is 9.92. The van der Waals surface area contributed by atoms with Gasteiger partial charge in [0.2, 0.25) is 0 Å². The van der Waals surface area contributed by atoms with Crippen LogP contribution in [0.1, 0.15) is 25.7 Å². The number of rotatable bonds is 2. The molecule has 0 bridgehead atoms. The Bertz CT molecular complexity index is 309. The first-order valence-corrected chi connectivity index (χ1v) is 10.5. The van der Waals surface area contributed by atoms with Crippen molar-refractivity contribution in [1.82, 2.24) is 0 Å². The van der Waals surface area contributed by atoms with E-state index in [9.17, 15) is 5.11 Å². The Morgan fingerprint density at radius 1 is 1.00 bits per heavy atom. The number of hydrogen-bond acceptors (Lipinski definition) is 2. The van der Waals surface area contributed by atoms with E-state index in [1.165, 1.54) is 0 Å². The number of alkyl halides is 5. The zero-order chi connectivity index (χ0) is 14.2. The summed E-state index contributed by atoms with van der Waals surface area (Å²) in [7, 11) is 0. The van der Waals surface area contributed by atoms with Crippen LogP contribution in [0.2, 0.25) is 0 Å². The average Bonchev–Trinajstić information content (AvgIpc) is 2.34. The molecule has 2 nitrogen and oxygen atoms in total. The van der Waals surface area contributed by atoms with Gasteiger partial charge in [0.05, 0.1) is 28.5 Å². The van der Waals surface area contributed by atoms with Crippen molar-refractivity contribution in [2.45, 2.75) is 68.7 Å². The molecule has 0 amide bonds. The summed E-state index contributed by atoms with van der Waals surface area (Å²) in [6, 6.07) is 0. The molecule has 8 atom stereocenters. The quantitative estimate of drug-likeness (QED) is 0.521. The third-order valence-corrected chi connectivity index (χ3v) is 8.80. The summed E-state index contributed by atoms with van der Waals surface area (Å²) in [5.41, 5.74) is 0. The van der Waals surface area contributed by atoms with Gasteiger partial charge in [-0.05, 0) is 25.7 Å². The van der Waals surface area contributed by atoms with Gasteiger partial charge in [0.1, 0.15) is 0 Å². The van der Waals surface area contributed by atoms with E-state index in [4.69, 9.17) is 16.3 Å². The van der Waals surface area contributed by atoms with Gasteiger partial charge in [-0.1, -0.05) is 63.7 Å². The number of halogens is 5. The van der Waals surface area contributed by atoms with E-state index in [2.05, 4.69) is 63.7 Å². The van der Waals surface area contributed by atoms with Gasteiger partial charge in [0.25, 0.3) is 0 Å². The highest BCUT2D eigenvalue weighted by atomic mass is 79.9. The van der Waals surface area contributed by atoms with Gasteiger partial charge >= 0.3 is 0 Å². The summed E-state index contributed by atoms with van der Waals surface area (Å²) < 4.78 is 6.17. The van der Waals surface area contributed by atoms with Crippen molar-refractivity contribution < 1.29 is 9.84 Å². The number of aliphatic hydroxyl groups is 1. The van der Waals surface area contributed by atoms with Crippen LogP contribution in [-0.4, -0.2) is 48.1 Å². The van der Waals surface area contributed by atoms with Gasteiger partial charge < -0.3 is 9.84 Å². The lowest BCUT2D eigenvalue weighted by molar-refractivity contribution is -0.0931. The van der Waals surface area contributed by atoms with E-state index in [0.717, 1.165) is 19.3 Å². The van der Waals surface area contributed by atoms with Crippen molar-refractivity contribution in [3.05, 3.63) is 0 Å². The van der Waals surface area contributed by atoms with Crippen molar-refractivity contribution in [3.63, 3.8) is 0 Å². The first-order valence-electron chi connectivity index (χ1n) is 6.44. The molecule has 0 saturated heterocycles. The second-order valence-electron chi connectivity index (χ2n) is 5.27. The maximum absolute atomic E-state index is 10.2. The molecule has 0 heterocycles. The third kappa shape index (κ3) is 4.32. The molecule has 2 saturated carbocycles. The first kappa shape index (κ1) is 17.5. The normalized spacial score (nSPS) is 52.1. The summed E-state index contributed by atoms with van der Waals surface area (Å²) in [5, 5.41) is 10.2. The molecule has 112 valence electrons.